The predicted molar refractivity (Wildman–Crippen MR) is 126 cm³/mol. The number of aromatic nitrogens is 5. The van der Waals surface area contributed by atoms with Gasteiger partial charge in [0.25, 0.3) is 5.91 Å². The van der Waals surface area contributed by atoms with Crippen molar-refractivity contribution in [1.82, 2.24) is 35.6 Å². The van der Waals surface area contributed by atoms with Crippen molar-refractivity contribution in [2.45, 2.75) is 45.7 Å². The summed E-state index contributed by atoms with van der Waals surface area (Å²) in [6, 6.07) is 7.54. The van der Waals surface area contributed by atoms with E-state index in [4.69, 9.17) is 22.0 Å². The number of amides is 1. The van der Waals surface area contributed by atoms with E-state index >= 15 is 0 Å². The van der Waals surface area contributed by atoms with Crippen molar-refractivity contribution in [2.24, 2.45) is 5.10 Å². The van der Waals surface area contributed by atoms with Crippen LogP contribution in [0.4, 0.5) is 5.82 Å². The molecule has 1 aliphatic rings. The van der Waals surface area contributed by atoms with Crippen molar-refractivity contribution in [3.05, 3.63) is 46.2 Å². The van der Waals surface area contributed by atoms with E-state index in [0.717, 1.165) is 24.9 Å². The van der Waals surface area contributed by atoms with Crippen molar-refractivity contribution >= 4 is 41.4 Å². The highest BCUT2D eigenvalue weighted by Crippen LogP contribution is 2.22. The molecule has 3 aromatic rings. The lowest BCUT2D eigenvalue weighted by molar-refractivity contribution is 0.0944. The second-order valence-electron chi connectivity index (χ2n) is 7.73. The van der Waals surface area contributed by atoms with Gasteiger partial charge in [-0.05, 0) is 61.2 Å². The van der Waals surface area contributed by atoms with E-state index in [-0.39, 0.29) is 29.7 Å². The summed E-state index contributed by atoms with van der Waals surface area (Å²) in [6.45, 7) is 5.31. The van der Waals surface area contributed by atoms with Gasteiger partial charge in [0, 0.05) is 17.6 Å². The van der Waals surface area contributed by atoms with Gasteiger partial charge in [0.1, 0.15) is 0 Å². The van der Waals surface area contributed by atoms with Crippen molar-refractivity contribution in [3.63, 3.8) is 0 Å². The van der Waals surface area contributed by atoms with E-state index in [1.165, 1.54) is 11.1 Å². The summed E-state index contributed by atoms with van der Waals surface area (Å²) in [4.78, 5) is 15.3. The normalized spacial score (nSPS) is 16.9. The lowest BCUT2D eigenvalue weighted by Crippen LogP contribution is -2.38. The van der Waals surface area contributed by atoms with Crippen molar-refractivity contribution in [1.29, 1.82) is 0 Å². The number of carbonyl (C=O) groups excluding carboxylic acids is 1. The summed E-state index contributed by atoms with van der Waals surface area (Å²) in [7, 11) is 0. The first-order chi connectivity index (χ1) is 15.4. The van der Waals surface area contributed by atoms with E-state index in [9.17, 15) is 4.79 Å². The molecule has 176 valence electrons. The summed E-state index contributed by atoms with van der Waals surface area (Å²) >= 11 is 5.93. The van der Waals surface area contributed by atoms with Crippen LogP contribution < -0.4 is 11.2 Å². The zero-order valence-corrected chi connectivity index (χ0v) is 19.8. The van der Waals surface area contributed by atoms with Crippen LogP contribution in [0.2, 0.25) is 5.02 Å². The number of piperidine rings is 1. The third kappa shape index (κ3) is 5.49. The molecule has 1 aliphatic heterocycles. The SMILES string of the molecule is C/C(=N/NC(=O)c1nnn(-c2nonc2N)c1CN1CCCCC1C)c1ccc(Cl)cc1.Cl. The molecule has 13 heteroatoms. The second-order valence-corrected chi connectivity index (χ2v) is 8.17. The van der Waals surface area contributed by atoms with Gasteiger partial charge in [0.2, 0.25) is 11.6 Å². The highest BCUT2D eigenvalue weighted by atomic mass is 35.5. The number of carbonyl (C=O) groups is 1. The van der Waals surface area contributed by atoms with Crippen LogP contribution in [0.3, 0.4) is 0 Å². The van der Waals surface area contributed by atoms with Crippen molar-refractivity contribution in [2.75, 3.05) is 12.3 Å². The molecule has 1 unspecified atom stereocenters. The smallest absolute Gasteiger partial charge is 0.293 e. The summed E-state index contributed by atoms with van der Waals surface area (Å²) < 4.78 is 6.11. The van der Waals surface area contributed by atoms with Crippen LogP contribution in [0.1, 0.15) is 54.9 Å². The van der Waals surface area contributed by atoms with Crippen LogP contribution >= 0.6 is 24.0 Å². The molecule has 1 amide bonds. The monoisotopic (exact) mass is 493 g/mol. The number of nitrogens with one attached hydrogen (secondary N) is 1. The van der Waals surface area contributed by atoms with Gasteiger partial charge < -0.3 is 5.73 Å². The average Bonchev–Trinajstić information content (AvgIpc) is 3.39. The fraction of sp³-hybridized carbons (Fsp3) is 0.400. The number of nitrogens with zero attached hydrogens (tertiary/aromatic N) is 7. The minimum Gasteiger partial charge on any atom is -0.378 e. The number of likely N-dealkylation sites (tertiary alicyclic amines) is 1. The molecule has 4 rings (SSSR count). The molecule has 1 aromatic carbocycles. The summed E-state index contributed by atoms with van der Waals surface area (Å²) in [5.74, 6) is -0.234. The molecule has 0 bridgehead atoms. The topological polar surface area (TPSA) is 140 Å². The Morgan fingerprint density at radius 2 is 2.06 bits per heavy atom. The number of hydrogen-bond donors (Lipinski definition) is 2. The van der Waals surface area contributed by atoms with Gasteiger partial charge in [-0.2, -0.15) is 9.78 Å². The molecule has 0 radical (unpaired) electrons. The molecule has 0 saturated carbocycles. The number of anilines is 1. The zero-order chi connectivity index (χ0) is 22.7. The summed E-state index contributed by atoms with van der Waals surface area (Å²) in [5.41, 5.74) is 10.6. The largest absolute Gasteiger partial charge is 0.378 e. The Hall–Kier alpha value is -3.02. The van der Waals surface area contributed by atoms with E-state index in [2.05, 4.69) is 43.0 Å². The molecule has 0 aliphatic carbocycles. The van der Waals surface area contributed by atoms with E-state index in [1.54, 1.807) is 19.1 Å². The molecule has 0 spiro atoms. The van der Waals surface area contributed by atoms with Gasteiger partial charge in [0.05, 0.1) is 11.4 Å². The van der Waals surface area contributed by atoms with Crippen molar-refractivity contribution < 1.29 is 9.42 Å². The average molecular weight is 494 g/mol. The van der Waals surface area contributed by atoms with Crippen LogP contribution in [0, 0.1) is 0 Å². The predicted octanol–water partition coefficient (Wildman–Crippen LogP) is 2.84. The second kappa shape index (κ2) is 10.7. The van der Waals surface area contributed by atoms with Gasteiger partial charge in [-0.3, -0.25) is 9.69 Å². The van der Waals surface area contributed by atoms with E-state index in [1.807, 2.05) is 12.1 Å². The minimum atomic E-state index is -0.487. The first-order valence-corrected chi connectivity index (χ1v) is 10.7. The first-order valence-electron chi connectivity index (χ1n) is 10.3. The Balaban J connectivity index is 0.00000306. The zero-order valence-electron chi connectivity index (χ0n) is 18.2. The first kappa shape index (κ1) is 24.6. The van der Waals surface area contributed by atoms with Gasteiger partial charge in [-0.15, -0.1) is 17.5 Å². The maximum absolute atomic E-state index is 13.0. The number of halogens is 2. The van der Waals surface area contributed by atoms with Gasteiger partial charge in [0.15, 0.2) is 5.69 Å². The quantitative estimate of drug-likeness (QED) is 0.394. The Morgan fingerprint density at radius 1 is 1.30 bits per heavy atom. The number of nitrogens with two attached hydrogens (primary N) is 1. The molecular formula is C20H25Cl2N9O2. The van der Waals surface area contributed by atoms with E-state index in [0.29, 0.717) is 29.0 Å². The molecule has 1 saturated heterocycles. The Bertz CT molecular complexity index is 1130. The maximum atomic E-state index is 13.0. The van der Waals surface area contributed by atoms with Gasteiger partial charge in [-0.1, -0.05) is 35.4 Å². The molecule has 33 heavy (non-hydrogen) atoms. The number of nitrogen functional groups attached to an aromatic ring is 1. The van der Waals surface area contributed by atoms with Crippen molar-refractivity contribution in [3.8, 4) is 5.82 Å². The standard InChI is InChI=1S/C20H24ClN9O2.ClH/c1-12-5-3-4-10-29(12)11-16-17(24-28-30(16)19-18(22)26-32-27-19)20(31)25-23-13(2)14-6-8-15(21)9-7-14;/h6-9,12H,3-5,10-11H2,1-2H3,(H2,22,26)(H,25,31);1H/b23-13-;. The fourth-order valence-corrected chi connectivity index (χ4v) is 3.78. The van der Waals surface area contributed by atoms with Crippen LogP contribution in [-0.2, 0) is 6.54 Å². The number of rotatable bonds is 6. The van der Waals surface area contributed by atoms with E-state index < -0.39 is 5.91 Å². The maximum Gasteiger partial charge on any atom is 0.293 e. The minimum absolute atomic E-state index is 0. The third-order valence-corrected chi connectivity index (χ3v) is 5.81. The lowest BCUT2D eigenvalue weighted by atomic mass is 10.0. The Morgan fingerprint density at radius 3 is 2.73 bits per heavy atom. The lowest BCUT2D eigenvalue weighted by Gasteiger charge is -2.33. The Labute approximate surface area is 201 Å². The Kier molecular flexibility index (Phi) is 8.01. The van der Waals surface area contributed by atoms with Crippen LogP contribution in [0.15, 0.2) is 34.0 Å². The van der Waals surface area contributed by atoms with Gasteiger partial charge in [-0.25, -0.2) is 10.1 Å². The molecule has 2 aromatic heterocycles. The highest BCUT2D eigenvalue weighted by Gasteiger charge is 2.28. The highest BCUT2D eigenvalue weighted by molar-refractivity contribution is 6.30. The van der Waals surface area contributed by atoms with Gasteiger partial charge >= 0.3 is 0 Å². The molecule has 3 N–H and O–H groups in total. The molecule has 3 heterocycles. The fourth-order valence-electron chi connectivity index (χ4n) is 3.66. The molecule has 1 atom stereocenters. The number of hydrogen-bond acceptors (Lipinski definition) is 9. The number of benzene rings is 1. The summed E-state index contributed by atoms with van der Waals surface area (Å²) in [6.07, 6.45) is 3.36. The number of hydrazone groups is 1. The molecule has 11 nitrogen and oxygen atoms in total. The van der Waals surface area contributed by atoms with Crippen LogP contribution in [0.25, 0.3) is 5.82 Å². The molecular weight excluding hydrogens is 469 g/mol. The molecule has 1 fully saturated rings. The summed E-state index contributed by atoms with van der Waals surface area (Å²) in [5, 5.41) is 20.4. The van der Waals surface area contributed by atoms with Crippen LogP contribution in [-0.4, -0.2) is 54.4 Å². The van der Waals surface area contributed by atoms with Crippen LogP contribution in [0.5, 0.6) is 0 Å². The third-order valence-electron chi connectivity index (χ3n) is 5.56.